The van der Waals surface area contributed by atoms with Crippen LogP contribution in [0, 0.1) is 0 Å². The topological polar surface area (TPSA) is 65.1 Å². The van der Waals surface area contributed by atoms with Crippen molar-refractivity contribution < 1.29 is 9.90 Å². The van der Waals surface area contributed by atoms with Gasteiger partial charge in [0.05, 0.1) is 12.1 Å². The van der Waals surface area contributed by atoms with Gasteiger partial charge < -0.3 is 15.4 Å². The maximum Gasteiger partial charge on any atom is 0.251 e. The van der Waals surface area contributed by atoms with Crippen molar-refractivity contribution in [2.24, 2.45) is 0 Å². The Labute approximate surface area is 111 Å². The monoisotopic (exact) mass is 258 g/mol. The molecule has 0 bridgehead atoms. The van der Waals surface area contributed by atoms with E-state index in [4.69, 9.17) is 0 Å². The van der Waals surface area contributed by atoms with Crippen molar-refractivity contribution in [1.82, 2.24) is 10.3 Å². The van der Waals surface area contributed by atoms with E-state index >= 15 is 0 Å². The molecule has 0 radical (unpaired) electrons. The predicted molar refractivity (Wildman–Crippen MR) is 74.0 cm³/mol. The number of hydrogen-bond donors (Lipinski definition) is 3. The molecule has 1 amide bonds. The summed E-state index contributed by atoms with van der Waals surface area (Å²) < 4.78 is 0. The second-order valence-corrected chi connectivity index (χ2v) is 5.38. The van der Waals surface area contributed by atoms with Gasteiger partial charge in [-0.2, -0.15) is 0 Å². The normalized spacial score (nSPS) is 17.7. The van der Waals surface area contributed by atoms with Crippen LogP contribution in [0.3, 0.4) is 0 Å². The minimum Gasteiger partial charge on any atom is -0.394 e. The second kappa shape index (κ2) is 4.70. The zero-order chi connectivity index (χ0) is 13.3. The molecule has 0 aliphatic heterocycles. The molecule has 1 fully saturated rings. The van der Waals surface area contributed by atoms with Gasteiger partial charge in [0, 0.05) is 17.3 Å². The highest BCUT2D eigenvalue weighted by atomic mass is 16.3. The molecule has 1 aromatic carbocycles. The summed E-state index contributed by atoms with van der Waals surface area (Å²) in [6, 6.07) is 7.58. The number of aliphatic hydroxyl groups excluding tert-OH is 1. The van der Waals surface area contributed by atoms with E-state index in [9.17, 15) is 9.90 Å². The number of nitrogens with one attached hydrogen (secondary N) is 2. The van der Waals surface area contributed by atoms with E-state index in [0.717, 1.165) is 36.6 Å². The standard InChI is InChI=1S/C15H18N2O2/c18-10-15(6-1-2-7-15)17-14(19)12-4-3-11-5-8-16-13(11)9-12/h3-5,8-9,16,18H,1-2,6-7,10H2,(H,17,19). The number of H-pyrrole nitrogens is 1. The predicted octanol–water partition coefficient (Wildman–Crippen LogP) is 2.20. The van der Waals surface area contributed by atoms with Crippen LogP contribution >= 0.6 is 0 Å². The van der Waals surface area contributed by atoms with Crippen LogP contribution in [0.4, 0.5) is 0 Å². The highest BCUT2D eigenvalue weighted by Gasteiger charge is 2.34. The molecule has 2 aromatic rings. The maximum atomic E-state index is 12.3. The fraction of sp³-hybridized carbons (Fsp3) is 0.400. The lowest BCUT2D eigenvalue weighted by Gasteiger charge is -2.28. The van der Waals surface area contributed by atoms with Gasteiger partial charge in [-0.3, -0.25) is 4.79 Å². The summed E-state index contributed by atoms with van der Waals surface area (Å²) in [7, 11) is 0. The van der Waals surface area contributed by atoms with E-state index in [0.29, 0.717) is 5.56 Å². The Morgan fingerprint density at radius 3 is 2.84 bits per heavy atom. The smallest absolute Gasteiger partial charge is 0.251 e. The quantitative estimate of drug-likeness (QED) is 0.790. The first-order valence-corrected chi connectivity index (χ1v) is 6.73. The van der Waals surface area contributed by atoms with E-state index in [1.165, 1.54) is 0 Å². The largest absolute Gasteiger partial charge is 0.394 e. The number of aliphatic hydroxyl groups is 1. The third kappa shape index (κ3) is 2.24. The Morgan fingerprint density at radius 1 is 1.32 bits per heavy atom. The van der Waals surface area contributed by atoms with Crippen molar-refractivity contribution in [2.75, 3.05) is 6.61 Å². The lowest BCUT2D eigenvalue weighted by molar-refractivity contribution is 0.0838. The van der Waals surface area contributed by atoms with E-state index in [1.54, 1.807) is 0 Å². The van der Waals surface area contributed by atoms with Gasteiger partial charge in [-0.05, 0) is 36.4 Å². The van der Waals surface area contributed by atoms with Gasteiger partial charge in [0.1, 0.15) is 0 Å². The number of aromatic nitrogens is 1. The molecule has 0 atom stereocenters. The molecule has 3 N–H and O–H groups in total. The van der Waals surface area contributed by atoms with E-state index in [1.807, 2.05) is 30.5 Å². The van der Waals surface area contributed by atoms with Crippen molar-refractivity contribution >= 4 is 16.8 Å². The zero-order valence-corrected chi connectivity index (χ0v) is 10.8. The number of aromatic amines is 1. The van der Waals surface area contributed by atoms with Gasteiger partial charge in [0.25, 0.3) is 5.91 Å². The first kappa shape index (κ1) is 12.2. The molecule has 1 aliphatic rings. The molecular formula is C15H18N2O2. The lowest BCUT2D eigenvalue weighted by atomic mass is 9.98. The SMILES string of the molecule is O=C(NC1(CO)CCCC1)c1ccc2cc[nH]c2c1. The highest BCUT2D eigenvalue weighted by Crippen LogP contribution is 2.29. The summed E-state index contributed by atoms with van der Waals surface area (Å²) in [5.74, 6) is -0.104. The van der Waals surface area contributed by atoms with E-state index in [2.05, 4.69) is 10.3 Å². The van der Waals surface area contributed by atoms with Crippen LogP contribution in [0.25, 0.3) is 10.9 Å². The summed E-state index contributed by atoms with van der Waals surface area (Å²) in [6.07, 6.45) is 5.71. The fourth-order valence-corrected chi connectivity index (χ4v) is 2.88. The van der Waals surface area contributed by atoms with Crippen molar-refractivity contribution in [1.29, 1.82) is 0 Å². The molecule has 4 heteroatoms. The van der Waals surface area contributed by atoms with Crippen molar-refractivity contribution in [3.8, 4) is 0 Å². The maximum absolute atomic E-state index is 12.3. The van der Waals surface area contributed by atoms with Gasteiger partial charge in [-0.25, -0.2) is 0 Å². The number of hydrogen-bond acceptors (Lipinski definition) is 2. The number of benzene rings is 1. The van der Waals surface area contributed by atoms with Crippen LogP contribution in [-0.4, -0.2) is 28.1 Å². The number of rotatable bonds is 3. The molecule has 1 heterocycles. The summed E-state index contributed by atoms with van der Waals surface area (Å²) in [6.45, 7) is 0.0173. The van der Waals surface area contributed by atoms with Crippen LogP contribution in [-0.2, 0) is 0 Å². The number of carbonyl (C=O) groups is 1. The van der Waals surface area contributed by atoms with Crippen molar-refractivity contribution in [3.63, 3.8) is 0 Å². The number of carbonyl (C=O) groups excluding carboxylic acids is 1. The van der Waals surface area contributed by atoms with Crippen molar-refractivity contribution in [2.45, 2.75) is 31.2 Å². The molecular weight excluding hydrogens is 240 g/mol. The molecule has 19 heavy (non-hydrogen) atoms. The Morgan fingerprint density at radius 2 is 2.11 bits per heavy atom. The molecule has 1 aromatic heterocycles. The van der Waals surface area contributed by atoms with E-state index < -0.39 is 5.54 Å². The number of fused-ring (bicyclic) bond motifs is 1. The first-order valence-electron chi connectivity index (χ1n) is 6.73. The van der Waals surface area contributed by atoms with Crippen LogP contribution < -0.4 is 5.32 Å². The minimum absolute atomic E-state index is 0.0173. The second-order valence-electron chi connectivity index (χ2n) is 5.38. The zero-order valence-electron chi connectivity index (χ0n) is 10.8. The summed E-state index contributed by atoms with van der Waals surface area (Å²) >= 11 is 0. The van der Waals surface area contributed by atoms with Crippen LogP contribution in [0.15, 0.2) is 30.5 Å². The fourth-order valence-electron chi connectivity index (χ4n) is 2.88. The minimum atomic E-state index is -0.415. The molecule has 1 saturated carbocycles. The number of amides is 1. The molecule has 1 aliphatic carbocycles. The van der Waals surface area contributed by atoms with Gasteiger partial charge in [-0.1, -0.05) is 18.9 Å². The van der Waals surface area contributed by atoms with Crippen molar-refractivity contribution in [3.05, 3.63) is 36.0 Å². The molecule has 100 valence electrons. The summed E-state index contributed by atoms with van der Waals surface area (Å²) in [5, 5.41) is 13.6. The van der Waals surface area contributed by atoms with Crippen LogP contribution in [0.5, 0.6) is 0 Å². The molecule has 0 unspecified atom stereocenters. The Hall–Kier alpha value is -1.81. The van der Waals surface area contributed by atoms with Crippen LogP contribution in [0.1, 0.15) is 36.0 Å². The Balaban J connectivity index is 1.82. The average Bonchev–Trinajstić information content (AvgIpc) is 3.06. The first-order chi connectivity index (χ1) is 9.22. The van der Waals surface area contributed by atoms with Gasteiger partial charge in [0.15, 0.2) is 0 Å². The molecule has 0 saturated heterocycles. The third-order valence-electron chi connectivity index (χ3n) is 4.06. The average molecular weight is 258 g/mol. The summed E-state index contributed by atoms with van der Waals surface area (Å²) in [4.78, 5) is 15.4. The van der Waals surface area contributed by atoms with Gasteiger partial charge >= 0.3 is 0 Å². The Bertz CT molecular complexity index is 597. The Kier molecular flexibility index (Phi) is 3.03. The molecule has 3 rings (SSSR count). The third-order valence-corrected chi connectivity index (χ3v) is 4.06. The summed E-state index contributed by atoms with van der Waals surface area (Å²) in [5.41, 5.74) is 1.17. The molecule has 4 nitrogen and oxygen atoms in total. The highest BCUT2D eigenvalue weighted by molar-refractivity contribution is 5.98. The van der Waals surface area contributed by atoms with Crippen LogP contribution in [0.2, 0.25) is 0 Å². The van der Waals surface area contributed by atoms with E-state index in [-0.39, 0.29) is 12.5 Å². The van der Waals surface area contributed by atoms with Gasteiger partial charge in [-0.15, -0.1) is 0 Å². The van der Waals surface area contributed by atoms with Gasteiger partial charge in [0.2, 0.25) is 0 Å². The molecule has 0 spiro atoms. The lowest BCUT2D eigenvalue weighted by Crippen LogP contribution is -2.49.